The summed E-state index contributed by atoms with van der Waals surface area (Å²) in [5.74, 6) is -0.517. The Morgan fingerprint density at radius 2 is 1.81 bits per heavy atom. The van der Waals surface area contributed by atoms with E-state index < -0.39 is 22.0 Å². The van der Waals surface area contributed by atoms with E-state index in [1.54, 1.807) is 19.9 Å². The van der Waals surface area contributed by atoms with Gasteiger partial charge in [0.05, 0.1) is 11.6 Å². The maximum Gasteiger partial charge on any atom is 0.287 e. The summed E-state index contributed by atoms with van der Waals surface area (Å²) in [4.78, 5) is 29.8. The van der Waals surface area contributed by atoms with E-state index in [0.29, 0.717) is 27.9 Å². The first-order chi connectivity index (χ1) is 16.9. The van der Waals surface area contributed by atoms with Crippen molar-refractivity contribution >= 4 is 38.5 Å². The molecule has 1 atom stereocenters. The molecule has 1 N–H and O–H groups in total. The van der Waals surface area contributed by atoms with E-state index in [-0.39, 0.29) is 22.0 Å². The largest absolute Gasteiger partial charge is 0.483 e. The Morgan fingerprint density at radius 1 is 1.11 bits per heavy atom. The number of ether oxygens (including phenoxy) is 1. The van der Waals surface area contributed by atoms with Crippen molar-refractivity contribution in [2.24, 2.45) is 0 Å². The van der Waals surface area contributed by atoms with E-state index in [4.69, 9.17) is 20.8 Å². The fourth-order valence-corrected chi connectivity index (χ4v) is 4.47. The molecule has 0 aliphatic rings. The first kappa shape index (κ1) is 25.4. The lowest BCUT2D eigenvalue weighted by Gasteiger charge is -2.19. The van der Waals surface area contributed by atoms with Crippen molar-refractivity contribution in [2.75, 3.05) is 6.26 Å². The molecule has 0 spiro atoms. The van der Waals surface area contributed by atoms with E-state index in [2.05, 4.69) is 4.98 Å². The minimum atomic E-state index is -3.84. The summed E-state index contributed by atoms with van der Waals surface area (Å²) in [6, 6.07) is 15.7. The maximum atomic E-state index is 13.3. The Balaban J connectivity index is 1.83. The quantitative estimate of drug-likeness (QED) is 0.353. The maximum absolute atomic E-state index is 13.3. The van der Waals surface area contributed by atoms with Crippen LogP contribution >= 0.6 is 11.6 Å². The van der Waals surface area contributed by atoms with Crippen molar-refractivity contribution in [1.29, 1.82) is 0 Å². The standard InChI is InChI=1S/C26H23ClN2O6S/c1-14-12-18(16(3)34-20-10-11-21(27)28-22(20)26(31)29-36(4,32)33)25-19(13-14)23(30)15(2)24(35-25)17-8-6-5-7-9-17/h5-13,16H,1-4H3,(H,29,31). The molecule has 0 aliphatic heterocycles. The predicted molar refractivity (Wildman–Crippen MR) is 138 cm³/mol. The lowest BCUT2D eigenvalue weighted by atomic mass is 10.00. The summed E-state index contributed by atoms with van der Waals surface area (Å²) in [7, 11) is -3.84. The highest BCUT2D eigenvalue weighted by atomic mass is 35.5. The molecule has 2 aromatic carbocycles. The van der Waals surface area contributed by atoms with Crippen LogP contribution in [0.1, 0.15) is 40.2 Å². The van der Waals surface area contributed by atoms with Crippen molar-refractivity contribution in [3.8, 4) is 17.1 Å². The number of carbonyl (C=O) groups excluding carboxylic acids is 1. The Kier molecular flexibility index (Phi) is 6.88. The van der Waals surface area contributed by atoms with Crippen molar-refractivity contribution < 1.29 is 22.4 Å². The zero-order valence-electron chi connectivity index (χ0n) is 20.0. The van der Waals surface area contributed by atoms with Crippen molar-refractivity contribution in [3.63, 3.8) is 0 Å². The number of aryl methyl sites for hydroxylation is 1. The zero-order valence-corrected chi connectivity index (χ0v) is 21.5. The third-order valence-electron chi connectivity index (χ3n) is 5.49. The summed E-state index contributed by atoms with van der Waals surface area (Å²) in [6.45, 7) is 5.30. The van der Waals surface area contributed by atoms with Crippen LogP contribution in [0.2, 0.25) is 5.15 Å². The normalized spacial score (nSPS) is 12.4. The lowest BCUT2D eigenvalue weighted by molar-refractivity contribution is 0.0969. The van der Waals surface area contributed by atoms with Gasteiger partial charge in [-0.25, -0.2) is 18.1 Å². The van der Waals surface area contributed by atoms with Gasteiger partial charge in [-0.1, -0.05) is 41.9 Å². The molecule has 8 nitrogen and oxygen atoms in total. The van der Waals surface area contributed by atoms with Crippen LogP contribution in [-0.2, 0) is 10.0 Å². The van der Waals surface area contributed by atoms with Crippen LogP contribution in [0.4, 0.5) is 0 Å². The van der Waals surface area contributed by atoms with Gasteiger partial charge in [0.1, 0.15) is 22.6 Å². The molecular weight excluding hydrogens is 504 g/mol. The summed E-state index contributed by atoms with van der Waals surface area (Å²) in [6.07, 6.45) is 0.140. The van der Waals surface area contributed by atoms with E-state index in [0.717, 1.165) is 17.4 Å². The van der Waals surface area contributed by atoms with Gasteiger partial charge in [-0.15, -0.1) is 0 Å². The van der Waals surface area contributed by atoms with Gasteiger partial charge in [0.25, 0.3) is 5.91 Å². The number of pyridine rings is 1. The summed E-state index contributed by atoms with van der Waals surface area (Å²) < 4.78 is 37.4. The Morgan fingerprint density at radius 3 is 2.47 bits per heavy atom. The van der Waals surface area contributed by atoms with Gasteiger partial charge in [0.2, 0.25) is 10.0 Å². The van der Waals surface area contributed by atoms with Gasteiger partial charge in [-0.05, 0) is 50.6 Å². The number of rotatable bonds is 6. The van der Waals surface area contributed by atoms with E-state index in [1.807, 2.05) is 48.0 Å². The second kappa shape index (κ2) is 9.75. The van der Waals surface area contributed by atoms with Gasteiger partial charge in [-0.2, -0.15) is 0 Å². The minimum absolute atomic E-state index is 0.0105. The molecule has 0 saturated heterocycles. The van der Waals surface area contributed by atoms with Gasteiger partial charge in [-0.3, -0.25) is 9.59 Å². The Labute approximate surface area is 212 Å². The van der Waals surface area contributed by atoms with E-state index in [1.165, 1.54) is 12.1 Å². The molecule has 2 heterocycles. The molecule has 4 rings (SSSR count). The van der Waals surface area contributed by atoms with Crippen molar-refractivity contribution in [3.05, 3.63) is 92.4 Å². The molecule has 0 aliphatic carbocycles. The number of carbonyl (C=O) groups is 1. The molecule has 1 unspecified atom stereocenters. The average molecular weight is 527 g/mol. The molecule has 0 saturated carbocycles. The number of nitrogens with one attached hydrogen (secondary N) is 1. The monoisotopic (exact) mass is 526 g/mol. The summed E-state index contributed by atoms with van der Waals surface area (Å²) in [5, 5.41) is 0.394. The third-order valence-corrected chi connectivity index (χ3v) is 6.25. The molecule has 36 heavy (non-hydrogen) atoms. The lowest BCUT2D eigenvalue weighted by Crippen LogP contribution is -2.30. The summed E-state index contributed by atoms with van der Waals surface area (Å²) >= 11 is 5.95. The number of benzene rings is 2. The highest BCUT2D eigenvalue weighted by molar-refractivity contribution is 7.89. The number of nitrogens with zero attached hydrogens (tertiary/aromatic N) is 1. The fourth-order valence-electron chi connectivity index (χ4n) is 3.89. The molecule has 0 radical (unpaired) electrons. The van der Waals surface area contributed by atoms with Gasteiger partial charge in [0.15, 0.2) is 16.9 Å². The number of aromatic nitrogens is 1. The number of amides is 1. The summed E-state index contributed by atoms with van der Waals surface area (Å²) in [5.41, 5.74) is 2.54. The van der Waals surface area contributed by atoms with Crippen LogP contribution in [-0.4, -0.2) is 25.6 Å². The number of fused-ring (bicyclic) bond motifs is 1. The van der Waals surface area contributed by atoms with Crippen LogP contribution in [0, 0.1) is 13.8 Å². The van der Waals surface area contributed by atoms with Crippen molar-refractivity contribution in [1.82, 2.24) is 9.71 Å². The highest BCUT2D eigenvalue weighted by Gasteiger charge is 2.23. The minimum Gasteiger partial charge on any atom is -0.483 e. The van der Waals surface area contributed by atoms with Crippen LogP contribution in [0.3, 0.4) is 0 Å². The van der Waals surface area contributed by atoms with E-state index >= 15 is 0 Å². The third kappa shape index (κ3) is 5.27. The van der Waals surface area contributed by atoms with Crippen LogP contribution < -0.4 is 14.9 Å². The van der Waals surface area contributed by atoms with Crippen LogP contribution in [0.5, 0.6) is 5.75 Å². The smallest absolute Gasteiger partial charge is 0.287 e. The molecule has 4 aromatic rings. The molecule has 1 amide bonds. The number of halogens is 1. The average Bonchev–Trinajstić information content (AvgIpc) is 2.81. The van der Waals surface area contributed by atoms with Crippen molar-refractivity contribution in [2.45, 2.75) is 26.9 Å². The predicted octanol–water partition coefficient (Wildman–Crippen LogP) is 4.95. The molecule has 0 fully saturated rings. The van der Waals surface area contributed by atoms with Gasteiger partial charge in [0, 0.05) is 16.7 Å². The molecule has 2 aromatic heterocycles. The fraction of sp³-hybridized carbons (Fsp3) is 0.192. The Hall–Kier alpha value is -3.69. The topological polar surface area (TPSA) is 116 Å². The molecule has 186 valence electrons. The second-order valence-corrected chi connectivity index (χ2v) is 10.6. The second-order valence-electron chi connectivity index (χ2n) is 8.43. The molecular formula is C26H23ClN2O6S. The van der Waals surface area contributed by atoms with E-state index in [9.17, 15) is 18.0 Å². The SMILES string of the molecule is Cc1cc(C(C)Oc2ccc(Cl)nc2C(=O)NS(C)(=O)=O)c2oc(-c3ccccc3)c(C)c(=O)c2c1. The number of hydrogen-bond donors (Lipinski definition) is 1. The highest BCUT2D eigenvalue weighted by Crippen LogP contribution is 2.33. The molecule has 10 heteroatoms. The first-order valence-electron chi connectivity index (χ1n) is 10.9. The Bertz CT molecular complexity index is 1650. The first-order valence-corrected chi connectivity index (χ1v) is 13.2. The van der Waals surface area contributed by atoms with Crippen LogP contribution in [0.15, 0.2) is 63.8 Å². The molecule has 0 bridgehead atoms. The number of sulfonamides is 1. The number of hydrogen-bond acceptors (Lipinski definition) is 7. The van der Waals surface area contributed by atoms with Gasteiger partial charge < -0.3 is 9.15 Å². The zero-order chi connectivity index (χ0) is 26.2. The van der Waals surface area contributed by atoms with Crippen LogP contribution in [0.25, 0.3) is 22.3 Å². The van der Waals surface area contributed by atoms with Gasteiger partial charge >= 0.3 is 0 Å².